The van der Waals surface area contributed by atoms with Crippen LogP contribution in [0.15, 0.2) is 54.9 Å². The summed E-state index contributed by atoms with van der Waals surface area (Å²) >= 11 is 0. The van der Waals surface area contributed by atoms with Crippen LogP contribution in [0.25, 0.3) is 22.6 Å². The summed E-state index contributed by atoms with van der Waals surface area (Å²) in [5.41, 5.74) is 3.47. The number of hydrogen-bond acceptors (Lipinski definition) is 7. The third-order valence-corrected chi connectivity index (χ3v) is 4.86. The van der Waals surface area contributed by atoms with Gasteiger partial charge < -0.3 is 14.6 Å². The van der Waals surface area contributed by atoms with Crippen LogP contribution in [0, 0.1) is 0 Å². The van der Waals surface area contributed by atoms with Crippen LogP contribution in [0.1, 0.15) is 5.69 Å². The maximum absolute atomic E-state index is 5.86. The number of hydrogen-bond donors (Lipinski definition) is 1. The van der Waals surface area contributed by atoms with Crippen LogP contribution in [0.3, 0.4) is 0 Å². The summed E-state index contributed by atoms with van der Waals surface area (Å²) in [6, 6.07) is 13.8. The molecule has 1 aliphatic heterocycles. The van der Waals surface area contributed by atoms with Gasteiger partial charge in [-0.05, 0) is 17.3 Å². The lowest BCUT2D eigenvalue weighted by atomic mass is 10.2. The number of imidazole rings is 1. The predicted octanol–water partition coefficient (Wildman–Crippen LogP) is 1.55. The van der Waals surface area contributed by atoms with Crippen molar-refractivity contribution in [3.8, 4) is 11.4 Å². The van der Waals surface area contributed by atoms with Crippen molar-refractivity contribution in [1.29, 1.82) is 0 Å². The van der Waals surface area contributed by atoms with Crippen LogP contribution in [-0.4, -0.2) is 67.4 Å². The zero-order chi connectivity index (χ0) is 19.5. The van der Waals surface area contributed by atoms with E-state index < -0.39 is 0 Å². The van der Waals surface area contributed by atoms with Gasteiger partial charge in [-0.15, -0.1) is 5.10 Å². The van der Waals surface area contributed by atoms with Crippen molar-refractivity contribution in [2.24, 2.45) is 0 Å². The molecule has 0 aliphatic carbocycles. The number of benzene rings is 1. The van der Waals surface area contributed by atoms with Gasteiger partial charge in [-0.1, -0.05) is 35.2 Å². The summed E-state index contributed by atoms with van der Waals surface area (Å²) in [5, 5.41) is 8.04. The number of rotatable bonds is 6. The Hall–Kier alpha value is -3.30. The van der Waals surface area contributed by atoms with Gasteiger partial charge in [-0.25, -0.2) is 9.97 Å². The molecule has 0 spiro atoms. The molecule has 1 saturated heterocycles. The van der Waals surface area contributed by atoms with Gasteiger partial charge in [0, 0.05) is 43.3 Å². The molecule has 1 N–H and O–H groups in total. The normalized spacial score (nSPS) is 17.6. The van der Waals surface area contributed by atoms with Gasteiger partial charge in [-0.2, -0.15) is 0 Å². The first-order valence-electron chi connectivity index (χ1n) is 9.58. The van der Waals surface area contributed by atoms with Gasteiger partial charge in [0.2, 0.25) is 5.65 Å². The predicted molar refractivity (Wildman–Crippen MR) is 106 cm³/mol. The Balaban J connectivity index is 1.18. The summed E-state index contributed by atoms with van der Waals surface area (Å²) in [6.07, 6.45) is 3.54. The minimum absolute atomic E-state index is 0.0526. The Morgan fingerprint density at radius 2 is 2.07 bits per heavy atom. The molecule has 0 saturated carbocycles. The summed E-state index contributed by atoms with van der Waals surface area (Å²) in [6.45, 7) is 3.45. The van der Waals surface area contributed by atoms with Crippen LogP contribution in [0.4, 0.5) is 0 Å². The molecule has 1 aromatic carbocycles. The molecule has 1 unspecified atom stereocenters. The van der Waals surface area contributed by atoms with Crippen LogP contribution in [-0.2, 0) is 11.3 Å². The summed E-state index contributed by atoms with van der Waals surface area (Å²) in [4.78, 5) is 21.6. The zero-order valence-electron chi connectivity index (χ0n) is 15.8. The summed E-state index contributed by atoms with van der Waals surface area (Å²) < 4.78 is 5.86. The number of aromatic amines is 1. The number of nitrogens with one attached hydrogen (secondary N) is 1. The van der Waals surface area contributed by atoms with E-state index in [2.05, 4.69) is 30.2 Å². The largest absolute Gasteiger partial charge is 0.391 e. The lowest BCUT2D eigenvalue weighted by Gasteiger charge is -2.32. The van der Waals surface area contributed by atoms with E-state index in [1.807, 2.05) is 48.7 Å². The second-order valence-corrected chi connectivity index (χ2v) is 6.96. The fourth-order valence-electron chi connectivity index (χ4n) is 3.43. The molecule has 1 aliphatic rings. The van der Waals surface area contributed by atoms with Gasteiger partial charge >= 0.3 is 0 Å². The number of ether oxygens (including phenoxy) is 1. The number of H-pyrrole nitrogens is 1. The SMILES string of the molecule is c1ccc(-c2ncc(CN3CCOC(COn4nnc5cccnc54)C3)[nH]2)cc1. The Kier molecular flexibility index (Phi) is 4.89. The molecule has 4 heterocycles. The quantitative estimate of drug-likeness (QED) is 0.533. The molecule has 148 valence electrons. The van der Waals surface area contributed by atoms with E-state index in [9.17, 15) is 0 Å². The van der Waals surface area contributed by atoms with Crippen molar-refractivity contribution in [2.75, 3.05) is 26.3 Å². The highest BCUT2D eigenvalue weighted by molar-refractivity contribution is 5.68. The average molecular weight is 391 g/mol. The minimum atomic E-state index is -0.0526. The highest BCUT2D eigenvalue weighted by Gasteiger charge is 2.22. The van der Waals surface area contributed by atoms with Gasteiger partial charge in [0.1, 0.15) is 24.1 Å². The Bertz CT molecular complexity index is 1080. The molecular weight excluding hydrogens is 370 g/mol. The van der Waals surface area contributed by atoms with Gasteiger partial charge in [-0.3, -0.25) is 4.90 Å². The van der Waals surface area contributed by atoms with Crippen molar-refractivity contribution in [3.05, 3.63) is 60.6 Å². The third kappa shape index (κ3) is 3.96. The monoisotopic (exact) mass is 391 g/mol. The maximum atomic E-state index is 5.86. The molecule has 3 aromatic heterocycles. The lowest BCUT2D eigenvalue weighted by molar-refractivity contribution is -0.0772. The van der Waals surface area contributed by atoms with E-state index in [-0.39, 0.29) is 6.10 Å². The van der Waals surface area contributed by atoms with Crippen LogP contribution in [0.2, 0.25) is 0 Å². The molecule has 0 amide bonds. The van der Waals surface area contributed by atoms with Crippen molar-refractivity contribution < 1.29 is 9.57 Å². The molecule has 9 heteroatoms. The standard InChI is InChI=1S/C20H21N7O2/c1-2-5-15(6-3-1)19-22-11-16(23-19)12-26-9-10-28-17(13-26)14-29-27-20-18(24-25-27)7-4-8-21-20/h1-8,11,17H,9-10,12-14H2,(H,22,23). The highest BCUT2D eigenvalue weighted by Crippen LogP contribution is 2.16. The van der Waals surface area contributed by atoms with Crippen LogP contribution < -0.4 is 4.84 Å². The van der Waals surface area contributed by atoms with Gasteiger partial charge in [0.05, 0.1) is 6.61 Å². The number of fused-ring (bicyclic) bond motifs is 1. The molecule has 0 radical (unpaired) electrons. The van der Waals surface area contributed by atoms with E-state index in [4.69, 9.17) is 9.57 Å². The first-order valence-corrected chi connectivity index (χ1v) is 9.58. The minimum Gasteiger partial charge on any atom is -0.391 e. The van der Waals surface area contributed by atoms with E-state index in [0.29, 0.717) is 24.4 Å². The molecule has 9 nitrogen and oxygen atoms in total. The Morgan fingerprint density at radius 1 is 1.14 bits per heavy atom. The lowest BCUT2D eigenvalue weighted by Crippen LogP contribution is -2.45. The smallest absolute Gasteiger partial charge is 0.219 e. The number of aromatic nitrogens is 6. The highest BCUT2D eigenvalue weighted by atomic mass is 16.7. The second-order valence-electron chi connectivity index (χ2n) is 6.96. The van der Waals surface area contributed by atoms with E-state index in [1.54, 1.807) is 6.20 Å². The van der Waals surface area contributed by atoms with Gasteiger partial charge in [0.15, 0.2) is 0 Å². The molecule has 29 heavy (non-hydrogen) atoms. The van der Waals surface area contributed by atoms with Crippen molar-refractivity contribution in [3.63, 3.8) is 0 Å². The molecule has 4 aromatic rings. The molecular formula is C20H21N7O2. The fraction of sp³-hybridized carbons (Fsp3) is 0.300. The van der Waals surface area contributed by atoms with Crippen molar-refractivity contribution in [2.45, 2.75) is 12.6 Å². The average Bonchev–Trinajstić information content (AvgIpc) is 3.40. The molecule has 0 bridgehead atoms. The van der Waals surface area contributed by atoms with E-state index in [1.165, 1.54) is 4.85 Å². The summed E-state index contributed by atoms with van der Waals surface area (Å²) in [5.74, 6) is 0.888. The molecule has 1 fully saturated rings. The van der Waals surface area contributed by atoms with E-state index in [0.717, 1.165) is 36.7 Å². The third-order valence-electron chi connectivity index (χ3n) is 4.86. The number of pyridine rings is 1. The Labute approximate surface area is 167 Å². The Morgan fingerprint density at radius 3 is 3.00 bits per heavy atom. The number of nitrogens with zero attached hydrogens (tertiary/aromatic N) is 6. The second kappa shape index (κ2) is 7.98. The van der Waals surface area contributed by atoms with Gasteiger partial charge in [0.25, 0.3) is 0 Å². The first kappa shape index (κ1) is 17.8. The molecule has 5 rings (SSSR count). The maximum Gasteiger partial charge on any atom is 0.219 e. The van der Waals surface area contributed by atoms with Crippen molar-refractivity contribution in [1.82, 2.24) is 35.0 Å². The number of morpholine rings is 1. The molecule has 1 atom stereocenters. The topological polar surface area (TPSA) is 94.0 Å². The summed E-state index contributed by atoms with van der Waals surface area (Å²) in [7, 11) is 0. The first-order chi connectivity index (χ1) is 14.3. The van der Waals surface area contributed by atoms with E-state index >= 15 is 0 Å². The zero-order valence-corrected chi connectivity index (χ0v) is 15.8. The fourth-order valence-corrected chi connectivity index (χ4v) is 3.43. The van der Waals surface area contributed by atoms with Crippen LogP contribution in [0.5, 0.6) is 0 Å². The van der Waals surface area contributed by atoms with Crippen molar-refractivity contribution >= 4 is 11.2 Å². The van der Waals surface area contributed by atoms with Crippen LogP contribution >= 0.6 is 0 Å².